The minimum Gasteiger partial charge on any atom is -0.394 e. The van der Waals surface area contributed by atoms with E-state index in [1.165, 1.54) is 0 Å². The maximum Gasteiger partial charge on any atom is 0.0697 e. The van der Waals surface area contributed by atoms with Gasteiger partial charge >= 0.3 is 0 Å². The summed E-state index contributed by atoms with van der Waals surface area (Å²) in [5, 5.41) is 8.33. The highest BCUT2D eigenvalue weighted by Gasteiger charge is 1.97. The van der Waals surface area contributed by atoms with E-state index in [0.717, 1.165) is 6.42 Å². The van der Waals surface area contributed by atoms with Crippen LogP contribution in [0.4, 0.5) is 0 Å². The van der Waals surface area contributed by atoms with E-state index >= 15 is 0 Å². The van der Waals surface area contributed by atoms with E-state index in [1.807, 2.05) is 6.92 Å². The Morgan fingerprint density at radius 3 is 2.60 bits per heavy atom. The first kappa shape index (κ1) is 9.88. The Labute approximate surface area is 62.0 Å². The summed E-state index contributed by atoms with van der Waals surface area (Å²) < 4.78 is 10.0. The van der Waals surface area contributed by atoms with Gasteiger partial charge in [0.1, 0.15) is 0 Å². The van der Waals surface area contributed by atoms with Crippen LogP contribution in [0, 0.1) is 0 Å². The van der Waals surface area contributed by atoms with Crippen molar-refractivity contribution in [1.29, 1.82) is 0 Å². The lowest BCUT2D eigenvalue weighted by atomic mass is 10.3. The van der Waals surface area contributed by atoms with Gasteiger partial charge in [-0.1, -0.05) is 0 Å². The molecule has 0 aliphatic heterocycles. The predicted molar refractivity (Wildman–Crippen MR) is 39.0 cm³/mol. The Balaban J connectivity index is 2.89. The third-order valence-corrected chi connectivity index (χ3v) is 1.31. The molecule has 0 heterocycles. The molecule has 62 valence electrons. The Morgan fingerprint density at radius 2 is 2.10 bits per heavy atom. The van der Waals surface area contributed by atoms with Gasteiger partial charge in [0, 0.05) is 13.7 Å². The highest BCUT2D eigenvalue weighted by Crippen LogP contribution is 1.94. The number of hydrogen-bond donors (Lipinski definition) is 1. The summed E-state index contributed by atoms with van der Waals surface area (Å²) in [5.74, 6) is 0. The topological polar surface area (TPSA) is 38.7 Å². The highest BCUT2D eigenvalue weighted by molar-refractivity contribution is 4.46. The van der Waals surface area contributed by atoms with E-state index in [2.05, 4.69) is 0 Å². The lowest BCUT2D eigenvalue weighted by Crippen LogP contribution is -2.10. The molecule has 0 amide bonds. The predicted octanol–water partition coefficient (Wildman–Crippen LogP) is 0.420. The molecule has 0 radical (unpaired) electrons. The van der Waals surface area contributed by atoms with Crippen LogP contribution in [0.15, 0.2) is 0 Å². The fraction of sp³-hybridized carbons (Fsp3) is 1.00. The van der Waals surface area contributed by atoms with Crippen molar-refractivity contribution < 1.29 is 14.6 Å². The summed E-state index contributed by atoms with van der Waals surface area (Å²) in [4.78, 5) is 0. The van der Waals surface area contributed by atoms with Crippen LogP contribution in [0.3, 0.4) is 0 Å². The average Bonchev–Trinajstić information content (AvgIpc) is 1.98. The molecule has 0 saturated carbocycles. The molecule has 0 aromatic heterocycles. The molecule has 3 heteroatoms. The third kappa shape index (κ3) is 6.01. The van der Waals surface area contributed by atoms with Gasteiger partial charge in [-0.25, -0.2) is 0 Å². The lowest BCUT2D eigenvalue weighted by molar-refractivity contribution is 0.0475. The largest absolute Gasteiger partial charge is 0.394 e. The van der Waals surface area contributed by atoms with Crippen molar-refractivity contribution in [3.05, 3.63) is 0 Å². The smallest absolute Gasteiger partial charge is 0.0697 e. The summed E-state index contributed by atoms with van der Waals surface area (Å²) in [5.41, 5.74) is 0. The maximum absolute atomic E-state index is 8.33. The van der Waals surface area contributed by atoms with E-state index in [4.69, 9.17) is 14.6 Å². The average molecular weight is 148 g/mol. The van der Waals surface area contributed by atoms with Gasteiger partial charge in [-0.3, -0.25) is 0 Å². The lowest BCUT2D eigenvalue weighted by Gasteiger charge is -2.08. The number of hydrogen-bond acceptors (Lipinski definition) is 3. The summed E-state index contributed by atoms with van der Waals surface area (Å²) >= 11 is 0. The molecule has 0 aliphatic rings. The summed E-state index contributed by atoms with van der Waals surface area (Å²) in [6, 6.07) is 0. The van der Waals surface area contributed by atoms with Gasteiger partial charge in [-0.05, 0) is 13.3 Å². The van der Waals surface area contributed by atoms with Crippen LogP contribution in [0.5, 0.6) is 0 Å². The van der Waals surface area contributed by atoms with Gasteiger partial charge in [0.25, 0.3) is 0 Å². The summed E-state index contributed by atoms with van der Waals surface area (Å²) in [7, 11) is 1.68. The Kier molecular flexibility index (Phi) is 6.91. The minimum absolute atomic E-state index is 0.0986. The van der Waals surface area contributed by atoms with Crippen LogP contribution >= 0.6 is 0 Å². The van der Waals surface area contributed by atoms with Crippen LogP contribution < -0.4 is 0 Å². The zero-order valence-electron chi connectivity index (χ0n) is 6.67. The second-order valence-corrected chi connectivity index (χ2v) is 2.17. The SMILES string of the molecule is COC(C)CCOCCO. The second-order valence-electron chi connectivity index (χ2n) is 2.17. The number of methoxy groups -OCH3 is 1. The van der Waals surface area contributed by atoms with Crippen molar-refractivity contribution >= 4 is 0 Å². The zero-order valence-corrected chi connectivity index (χ0v) is 6.67. The van der Waals surface area contributed by atoms with Crippen molar-refractivity contribution in [2.75, 3.05) is 26.9 Å². The molecule has 3 nitrogen and oxygen atoms in total. The van der Waals surface area contributed by atoms with Gasteiger partial charge in [0.15, 0.2) is 0 Å². The number of ether oxygens (including phenoxy) is 2. The van der Waals surface area contributed by atoms with E-state index in [1.54, 1.807) is 7.11 Å². The van der Waals surface area contributed by atoms with Crippen molar-refractivity contribution in [3.8, 4) is 0 Å². The van der Waals surface area contributed by atoms with E-state index in [-0.39, 0.29) is 12.7 Å². The molecule has 10 heavy (non-hydrogen) atoms. The van der Waals surface area contributed by atoms with Crippen molar-refractivity contribution in [3.63, 3.8) is 0 Å². The van der Waals surface area contributed by atoms with Crippen molar-refractivity contribution in [2.45, 2.75) is 19.4 Å². The van der Waals surface area contributed by atoms with E-state index < -0.39 is 0 Å². The third-order valence-electron chi connectivity index (χ3n) is 1.31. The van der Waals surface area contributed by atoms with Gasteiger partial charge < -0.3 is 14.6 Å². The molecule has 0 rings (SSSR count). The first-order valence-corrected chi connectivity index (χ1v) is 3.52. The Bertz CT molecular complexity index is 65.9. The first-order valence-electron chi connectivity index (χ1n) is 3.52. The normalized spacial score (nSPS) is 13.5. The molecule has 0 fully saturated rings. The van der Waals surface area contributed by atoms with Gasteiger partial charge in [0.2, 0.25) is 0 Å². The molecule has 0 aliphatic carbocycles. The molecular formula is C7H16O3. The first-order chi connectivity index (χ1) is 4.81. The number of rotatable bonds is 6. The highest BCUT2D eigenvalue weighted by atomic mass is 16.5. The van der Waals surface area contributed by atoms with Crippen LogP contribution in [-0.4, -0.2) is 38.1 Å². The fourth-order valence-electron chi connectivity index (χ4n) is 0.534. The Hall–Kier alpha value is -0.120. The maximum atomic E-state index is 8.33. The van der Waals surface area contributed by atoms with Gasteiger partial charge in [-0.2, -0.15) is 0 Å². The van der Waals surface area contributed by atoms with Crippen LogP contribution in [0.2, 0.25) is 0 Å². The van der Waals surface area contributed by atoms with Crippen molar-refractivity contribution in [2.24, 2.45) is 0 Å². The van der Waals surface area contributed by atoms with Gasteiger partial charge in [-0.15, -0.1) is 0 Å². The molecule has 0 bridgehead atoms. The quantitative estimate of drug-likeness (QED) is 0.555. The fourth-order valence-corrected chi connectivity index (χ4v) is 0.534. The Morgan fingerprint density at radius 1 is 1.40 bits per heavy atom. The van der Waals surface area contributed by atoms with Crippen LogP contribution in [0.1, 0.15) is 13.3 Å². The van der Waals surface area contributed by atoms with Crippen LogP contribution in [-0.2, 0) is 9.47 Å². The minimum atomic E-state index is 0.0986. The molecule has 0 saturated heterocycles. The van der Waals surface area contributed by atoms with Crippen LogP contribution in [0.25, 0.3) is 0 Å². The van der Waals surface area contributed by atoms with E-state index in [9.17, 15) is 0 Å². The molecule has 1 N–H and O–H groups in total. The molecule has 0 aromatic carbocycles. The zero-order chi connectivity index (χ0) is 7.82. The molecule has 1 unspecified atom stereocenters. The second kappa shape index (κ2) is 6.99. The molecular weight excluding hydrogens is 132 g/mol. The molecule has 1 atom stereocenters. The standard InChI is InChI=1S/C7H16O3/c1-7(9-2)3-5-10-6-4-8/h7-8H,3-6H2,1-2H3. The summed E-state index contributed by atoms with van der Waals surface area (Å²) in [6.07, 6.45) is 1.13. The summed E-state index contributed by atoms with van der Waals surface area (Å²) in [6.45, 7) is 3.18. The van der Waals surface area contributed by atoms with E-state index in [0.29, 0.717) is 13.2 Å². The molecule has 0 spiro atoms. The number of aliphatic hydroxyl groups is 1. The van der Waals surface area contributed by atoms with Crippen molar-refractivity contribution in [1.82, 2.24) is 0 Å². The monoisotopic (exact) mass is 148 g/mol. The molecule has 0 aromatic rings. The number of aliphatic hydroxyl groups excluding tert-OH is 1. The van der Waals surface area contributed by atoms with Gasteiger partial charge in [0.05, 0.1) is 19.3 Å².